The van der Waals surface area contributed by atoms with Crippen molar-refractivity contribution in [3.63, 3.8) is 0 Å². The van der Waals surface area contributed by atoms with Crippen LogP contribution in [-0.4, -0.2) is 15.0 Å². The average molecular weight is 315 g/mol. The summed E-state index contributed by atoms with van der Waals surface area (Å²) >= 11 is 0. The topological polar surface area (TPSA) is 51.8 Å². The summed E-state index contributed by atoms with van der Waals surface area (Å²) in [6.07, 6.45) is 1.86. The highest BCUT2D eigenvalue weighted by Gasteiger charge is 2.39. The fourth-order valence-corrected chi connectivity index (χ4v) is 4.11. The van der Waals surface area contributed by atoms with Gasteiger partial charge in [-0.1, -0.05) is 19.9 Å². The van der Waals surface area contributed by atoms with Crippen LogP contribution in [0.25, 0.3) is 33.3 Å². The van der Waals surface area contributed by atoms with Crippen molar-refractivity contribution in [2.24, 2.45) is 0 Å². The van der Waals surface area contributed by atoms with Crippen LogP contribution in [0.1, 0.15) is 36.5 Å². The van der Waals surface area contributed by atoms with Gasteiger partial charge in [-0.15, -0.1) is 0 Å². The summed E-state index contributed by atoms with van der Waals surface area (Å²) in [5, 5.41) is 1.10. The number of furan rings is 1. The van der Waals surface area contributed by atoms with Crippen LogP contribution in [0, 0.1) is 13.8 Å². The third kappa shape index (κ3) is 1.51. The lowest BCUT2D eigenvalue weighted by Gasteiger charge is -2.21. The second-order valence-corrected chi connectivity index (χ2v) is 7.02. The quantitative estimate of drug-likeness (QED) is 0.472. The first-order valence-electron chi connectivity index (χ1n) is 8.15. The predicted octanol–water partition coefficient (Wildman–Crippen LogP) is 4.69. The highest BCUT2D eigenvalue weighted by atomic mass is 16.3. The Kier molecular flexibility index (Phi) is 2.39. The number of benzene rings is 1. The average Bonchev–Trinajstić information content (AvgIpc) is 3.02. The fraction of sp³-hybridized carbons (Fsp3) is 0.250. The molecule has 0 saturated heterocycles. The third-order valence-corrected chi connectivity index (χ3v) is 5.12. The van der Waals surface area contributed by atoms with Crippen LogP contribution in [0.15, 0.2) is 34.9 Å². The van der Waals surface area contributed by atoms with Gasteiger partial charge in [0.15, 0.2) is 5.58 Å². The molecular weight excluding hydrogens is 298 g/mol. The van der Waals surface area contributed by atoms with E-state index in [1.807, 2.05) is 32.2 Å². The smallest absolute Gasteiger partial charge is 0.175 e. The summed E-state index contributed by atoms with van der Waals surface area (Å²) in [5.74, 6) is 0.770. The van der Waals surface area contributed by atoms with E-state index in [9.17, 15) is 0 Å². The van der Waals surface area contributed by atoms with Gasteiger partial charge in [0.2, 0.25) is 0 Å². The number of aryl methyl sites for hydroxylation is 2. The second kappa shape index (κ2) is 4.20. The molecule has 0 unspecified atom stereocenters. The third-order valence-electron chi connectivity index (χ3n) is 5.12. The van der Waals surface area contributed by atoms with Crippen LogP contribution in [0.2, 0.25) is 0 Å². The Bertz CT molecular complexity index is 1150. The van der Waals surface area contributed by atoms with Crippen molar-refractivity contribution in [2.75, 3.05) is 0 Å². The Hall–Kier alpha value is -2.75. The largest absolute Gasteiger partial charge is 0.452 e. The van der Waals surface area contributed by atoms with E-state index < -0.39 is 0 Å². The molecule has 0 aliphatic heterocycles. The highest BCUT2D eigenvalue weighted by Crippen LogP contribution is 2.51. The Morgan fingerprint density at radius 1 is 1.04 bits per heavy atom. The molecule has 0 amide bonds. The van der Waals surface area contributed by atoms with Crippen molar-refractivity contribution in [1.29, 1.82) is 0 Å². The van der Waals surface area contributed by atoms with Gasteiger partial charge in [0.1, 0.15) is 16.9 Å². The molecule has 3 aromatic heterocycles. The molecule has 24 heavy (non-hydrogen) atoms. The number of rotatable bonds is 0. The van der Waals surface area contributed by atoms with Crippen LogP contribution in [0.3, 0.4) is 0 Å². The summed E-state index contributed by atoms with van der Waals surface area (Å²) < 4.78 is 6.11. The van der Waals surface area contributed by atoms with Gasteiger partial charge in [0.05, 0.1) is 16.8 Å². The molecule has 0 N–H and O–H groups in total. The number of aromatic nitrogens is 3. The van der Waals surface area contributed by atoms with Crippen LogP contribution in [0.5, 0.6) is 0 Å². The first-order valence-corrected chi connectivity index (χ1v) is 8.15. The molecule has 1 aliphatic carbocycles. The molecule has 0 fully saturated rings. The number of fused-ring (bicyclic) bond motifs is 7. The van der Waals surface area contributed by atoms with Crippen molar-refractivity contribution >= 4 is 22.1 Å². The standard InChI is InChI=1S/C20H17N3O/c1-10-19-18(23-11(2)22-10)15-14(24-19)8-7-12-16(15)20(3,4)13-6-5-9-21-17(12)13/h5-9H,1-4H3. The lowest BCUT2D eigenvalue weighted by molar-refractivity contribution is 0.652. The summed E-state index contributed by atoms with van der Waals surface area (Å²) in [7, 11) is 0. The zero-order chi connectivity index (χ0) is 16.6. The molecule has 0 spiro atoms. The molecule has 118 valence electrons. The lowest BCUT2D eigenvalue weighted by atomic mass is 9.81. The zero-order valence-corrected chi connectivity index (χ0v) is 14.1. The van der Waals surface area contributed by atoms with E-state index in [0.29, 0.717) is 0 Å². The Labute approximate surface area is 139 Å². The first kappa shape index (κ1) is 13.7. The van der Waals surface area contributed by atoms with E-state index in [4.69, 9.17) is 9.40 Å². The minimum atomic E-state index is -0.137. The van der Waals surface area contributed by atoms with E-state index in [2.05, 4.69) is 35.9 Å². The zero-order valence-electron chi connectivity index (χ0n) is 14.1. The van der Waals surface area contributed by atoms with Crippen LogP contribution in [0.4, 0.5) is 0 Å². The summed E-state index contributed by atoms with van der Waals surface area (Å²) in [5.41, 5.74) is 8.06. The highest BCUT2D eigenvalue weighted by molar-refractivity contribution is 6.09. The molecule has 0 saturated carbocycles. The molecule has 4 aromatic rings. The molecule has 4 heteroatoms. The Balaban J connectivity index is 2.03. The minimum Gasteiger partial charge on any atom is -0.452 e. The molecule has 1 aromatic carbocycles. The maximum atomic E-state index is 6.11. The fourth-order valence-electron chi connectivity index (χ4n) is 4.11. The molecule has 3 heterocycles. The summed E-state index contributed by atoms with van der Waals surface area (Å²) in [4.78, 5) is 13.8. The van der Waals surface area contributed by atoms with Gasteiger partial charge in [-0.05, 0) is 43.2 Å². The molecule has 4 nitrogen and oxygen atoms in total. The molecular formula is C20H17N3O. The van der Waals surface area contributed by atoms with Crippen LogP contribution in [-0.2, 0) is 5.41 Å². The molecule has 0 bridgehead atoms. The van der Waals surface area contributed by atoms with Crippen LogP contribution < -0.4 is 0 Å². The summed E-state index contributed by atoms with van der Waals surface area (Å²) in [6.45, 7) is 8.40. The monoisotopic (exact) mass is 315 g/mol. The normalized spacial score (nSPS) is 15.0. The number of hydrogen-bond donors (Lipinski definition) is 0. The van der Waals surface area contributed by atoms with E-state index in [-0.39, 0.29) is 5.41 Å². The van der Waals surface area contributed by atoms with Crippen LogP contribution >= 0.6 is 0 Å². The first-order chi connectivity index (χ1) is 11.5. The van der Waals surface area contributed by atoms with Gasteiger partial charge < -0.3 is 4.42 Å². The summed E-state index contributed by atoms with van der Waals surface area (Å²) in [6, 6.07) is 8.33. The van der Waals surface area contributed by atoms with Gasteiger partial charge in [0, 0.05) is 17.2 Å². The maximum Gasteiger partial charge on any atom is 0.175 e. The van der Waals surface area contributed by atoms with E-state index in [0.717, 1.165) is 39.3 Å². The van der Waals surface area contributed by atoms with Crippen molar-refractivity contribution < 1.29 is 4.42 Å². The number of nitrogens with zero attached hydrogens (tertiary/aromatic N) is 3. The second-order valence-electron chi connectivity index (χ2n) is 7.02. The predicted molar refractivity (Wildman–Crippen MR) is 94.1 cm³/mol. The van der Waals surface area contributed by atoms with Gasteiger partial charge in [0.25, 0.3) is 0 Å². The Morgan fingerprint density at radius 3 is 2.71 bits per heavy atom. The number of pyridine rings is 1. The SMILES string of the molecule is Cc1nc(C)c2oc3ccc4c(c3c2n1)C(C)(C)c1cccnc1-4. The molecule has 5 rings (SSSR count). The molecule has 1 aliphatic rings. The van der Waals surface area contributed by atoms with Gasteiger partial charge >= 0.3 is 0 Å². The number of hydrogen-bond acceptors (Lipinski definition) is 4. The van der Waals surface area contributed by atoms with Gasteiger partial charge in [-0.2, -0.15) is 0 Å². The van der Waals surface area contributed by atoms with E-state index >= 15 is 0 Å². The molecule has 0 radical (unpaired) electrons. The van der Waals surface area contributed by atoms with Gasteiger partial charge in [-0.25, -0.2) is 9.97 Å². The maximum absolute atomic E-state index is 6.11. The van der Waals surface area contributed by atoms with Gasteiger partial charge in [-0.3, -0.25) is 4.98 Å². The van der Waals surface area contributed by atoms with Crippen molar-refractivity contribution in [2.45, 2.75) is 33.1 Å². The van der Waals surface area contributed by atoms with Crippen molar-refractivity contribution in [3.05, 3.63) is 53.1 Å². The van der Waals surface area contributed by atoms with E-state index in [1.54, 1.807) is 0 Å². The minimum absolute atomic E-state index is 0.137. The molecule has 0 atom stereocenters. The lowest BCUT2D eigenvalue weighted by Crippen LogP contribution is -2.15. The van der Waals surface area contributed by atoms with Crippen molar-refractivity contribution in [1.82, 2.24) is 15.0 Å². The van der Waals surface area contributed by atoms with Crippen molar-refractivity contribution in [3.8, 4) is 11.3 Å². The van der Waals surface area contributed by atoms with E-state index in [1.165, 1.54) is 16.7 Å². The Morgan fingerprint density at radius 2 is 1.88 bits per heavy atom.